The molecule has 0 fully saturated rings. The fourth-order valence-electron chi connectivity index (χ4n) is 1.84. The van der Waals surface area contributed by atoms with Gasteiger partial charge in [-0.1, -0.05) is 30.3 Å². The molecule has 0 bridgehead atoms. The molecule has 2 aromatic carbocycles. The van der Waals surface area contributed by atoms with E-state index in [9.17, 15) is 18.5 Å². The summed E-state index contributed by atoms with van der Waals surface area (Å²) in [6, 6.07) is 12.7. The Balaban J connectivity index is 2.20. The van der Waals surface area contributed by atoms with Crippen LogP contribution in [0.25, 0.3) is 6.08 Å². The molecule has 2 rings (SSSR count). The number of allylic oxidation sites excluding steroid dienone is 1. The fourth-order valence-corrected chi connectivity index (χ4v) is 2.74. The van der Waals surface area contributed by atoms with Gasteiger partial charge in [0.25, 0.3) is 5.69 Å². The molecule has 2 aromatic rings. The summed E-state index contributed by atoms with van der Waals surface area (Å²) < 4.78 is 23.2. The first-order valence-electron chi connectivity index (χ1n) is 6.80. The van der Waals surface area contributed by atoms with Crippen molar-refractivity contribution in [2.75, 3.05) is 5.43 Å². The zero-order chi connectivity index (χ0) is 18.4. The second-order valence-electron chi connectivity index (χ2n) is 4.79. The van der Waals surface area contributed by atoms with E-state index in [0.717, 1.165) is 17.7 Å². The molecule has 0 atom stereocenters. The summed E-state index contributed by atoms with van der Waals surface area (Å²) in [5.41, 5.74) is 3.04. The van der Waals surface area contributed by atoms with E-state index in [1.807, 2.05) is 36.4 Å². The molecular formula is C15H13BrN4O4S. The van der Waals surface area contributed by atoms with E-state index in [-0.39, 0.29) is 10.6 Å². The Morgan fingerprint density at radius 3 is 2.52 bits per heavy atom. The third-order valence-corrected chi connectivity index (χ3v) is 4.32. The van der Waals surface area contributed by atoms with Gasteiger partial charge in [0.05, 0.1) is 16.0 Å². The Morgan fingerprint density at radius 1 is 1.24 bits per heavy atom. The van der Waals surface area contributed by atoms with Crippen molar-refractivity contribution in [3.05, 3.63) is 68.7 Å². The van der Waals surface area contributed by atoms with Gasteiger partial charge in [0.1, 0.15) is 5.69 Å². The molecule has 0 spiro atoms. The van der Waals surface area contributed by atoms with Crippen molar-refractivity contribution in [2.45, 2.75) is 4.90 Å². The highest BCUT2D eigenvalue weighted by Crippen LogP contribution is 2.27. The zero-order valence-corrected chi connectivity index (χ0v) is 15.1. The summed E-state index contributed by atoms with van der Waals surface area (Å²) in [5, 5.41) is 20.0. The maximum atomic E-state index is 11.3. The first-order chi connectivity index (χ1) is 11.8. The van der Waals surface area contributed by atoms with E-state index >= 15 is 0 Å². The van der Waals surface area contributed by atoms with Crippen molar-refractivity contribution in [1.29, 1.82) is 0 Å². The van der Waals surface area contributed by atoms with Gasteiger partial charge in [-0.25, -0.2) is 13.6 Å². The highest BCUT2D eigenvalue weighted by molar-refractivity contribution is 9.12. The van der Waals surface area contributed by atoms with Crippen molar-refractivity contribution >= 4 is 49.6 Å². The Kier molecular flexibility index (Phi) is 6.02. The topological polar surface area (TPSA) is 128 Å². The molecule has 0 amide bonds. The average Bonchev–Trinajstić information content (AvgIpc) is 2.54. The number of primary sulfonamides is 1. The first kappa shape index (κ1) is 18.8. The summed E-state index contributed by atoms with van der Waals surface area (Å²) in [7, 11) is -4.03. The number of nitrogens with two attached hydrogens (primary N) is 1. The van der Waals surface area contributed by atoms with Crippen molar-refractivity contribution in [3.8, 4) is 0 Å². The molecule has 0 aliphatic rings. The molecule has 0 saturated carbocycles. The largest absolute Gasteiger partial charge is 0.295 e. The molecule has 10 heteroatoms. The molecule has 0 aliphatic heterocycles. The zero-order valence-electron chi connectivity index (χ0n) is 12.7. The Labute approximate surface area is 152 Å². The lowest BCUT2D eigenvalue weighted by Gasteiger charge is -2.04. The number of nitrogens with zero attached hydrogens (tertiary/aromatic N) is 2. The van der Waals surface area contributed by atoms with Crippen LogP contribution in [-0.4, -0.2) is 19.6 Å². The van der Waals surface area contributed by atoms with Crippen molar-refractivity contribution in [3.63, 3.8) is 0 Å². The van der Waals surface area contributed by atoms with Crippen LogP contribution < -0.4 is 10.6 Å². The molecule has 0 unspecified atom stereocenters. The maximum Gasteiger partial charge on any atom is 0.295 e. The van der Waals surface area contributed by atoms with Gasteiger partial charge >= 0.3 is 0 Å². The quantitative estimate of drug-likeness (QED) is 0.418. The van der Waals surface area contributed by atoms with E-state index in [0.29, 0.717) is 4.48 Å². The van der Waals surface area contributed by atoms with Crippen molar-refractivity contribution in [2.24, 2.45) is 10.2 Å². The van der Waals surface area contributed by atoms with Gasteiger partial charge in [-0.3, -0.25) is 15.5 Å². The third-order valence-electron chi connectivity index (χ3n) is 2.97. The maximum absolute atomic E-state index is 11.3. The second-order valence-corrected chi connectivity index (χ2v) is 7.27. The van der Waals surface area contributed by atoms with Gasteiger partial charge < -0.3 is 0 Å². The summed E-state index contributed by atoms with van der Waals surface area (Å²) >= 11 is 3.32. The Hall–Kier alpha value is -2.56. The molecule has 0 heterocycles. The minimum Gasteiger partial charge on any atom is -0.272 e. The van der Waals surface area contributed by atoms with E-state index in [2.05, 4.69) is 26.5 Å². The number of nitrogens with one attached hydrogen (secondary N) is 1. The van der Waals surface area contributed by atoms with Gasteiger partial charge in [0, 0.05) is 10.5 Å². The molecule has 3 N–H and O–H groups in total. The molecule has 130 valence electrons. The molecule has 25 heavy (non-hydrogen) atoms. The van der Waals surface area contributed by atoms with Crippen LogP contribution in [0.3, 0.4) is 0 Å². The molecule has 0 saturated heterocycles. The average molecular weight is 425 g/mol. The third kappa shape index (κ3) is 5.48. The van der Waals surface area contributed by atoms with Gasteiger partial charge in [0.2, 0.25) is 10.0 Å². The van der Waals surface area contributed by atoms with Gasteiger partial charge in [-0.15, -0.1) is 0 Å². The summed E-state index contributed by atoms with van der Waals surface area (Å²) in [6.45, 7) is 0. The second kappa shape index (κ2) is 8.01. The van der Waals surface area contributed by atoms with Crippen LogP contribution in [-0.2, 0) is 10.0 Å². The first-order valence-corrected chi connectivity index (χ1v) is 9.14. The van der Waals surface area contributed by atoms with E-state index in [1.165, 1.54) is 12.3 Å². The van der Waals surface area contributed by atoms with E-state index < -0.39 is 20.6 Å². The number of hydrogen-bond acceptors (Lipinski definition) is 6. The smallest absolute Gasteiger partial charge is 0.272 e. The van der Waals surface area contributed by atoms with Gasteiger partial charge in [0.15, 0.2) is 0 Å². The van der Waals surface area contributed by atoms with E-state index in [4.69, 9.17) is 5.14 Å². The Morgan fingerprint density at radius 2 is 1.92 bits per heavy atom. The van der Waals surface area contributed by atoms with Gasteiger partial charge in [-0.2, -0.15) is 5.10 Å². The number of nitro benzene ring substituents is 1. The summed E-state index contributed by atoms with van der Waals surface area (Å²) in [6.07, 6.45) is 3.23. The Bertz CT molecular complexity index is 943. The minimum atomic E-state index is -4.03. The monoisotopic (exact) mass is 424 g/mol. The van der Waals surface area contributed by atoms with Crippen LogP contribution in [0.2, 0.25) is 0 Å². The fraction of sp³-hybridized carbons (Fsp3) is 0. The molecule has 8 nitrogen and oxygen atoms in total. The predicted molar refractivity (Wildman–Crippen MR) is 99.9 cm³/mol. The number of nitro groups is 1. The number of hydrogen-bond donors (Lipinski definition) is 2. The van der Waals surface area contributed by atoms with Gasteiger partial charge in [-0.05, 0) is 39.7 Å². The van der Waals surface area contributed by atoms with Crippen molar-refractivity contribution in [1.82, 2.24) is 0 Å². The standard InChI is InChI=1S/C15H13BrN4O4S/c16-12(8-11-4-2-1-3-5-11)10-18-19-14-7-6-13(25(17,23)24)9-15(14)20(21)22/h1-10,19H,(H2,17,23,24). The van der Waals surface area contributed by atoms with Crippen LogP contribution in [0.4, 0.5) is 11.4 Å². The molecular weight excluding hydrogens is 412 g/mol. The van der Waals surface area contributed by atoms with Crippen LogP contribution in [0.5, 0.6) is 0 Å². The number of sulfonamides is 1. The lowest BCUT2D eigenvalue weighted by Crippen LogP contribution is -2.12. The van der Waals surface area contributed by atoms with Crippen LogP contribution in [0, 0.1) is 10.1 Å². The minimum absolute atomic E-state index is 0.0358. The van der Waals surface area contributed by atoms with Crippen LogP contribution >= 0.6 is 15.9 Å². The van der Waals surface area contributed by atoms with Crippen LogP contribution in [0.1, 0.15) is 5.56 Å². The predicted octanol–water partition coefficient (Wildman–Crippen LogP) is 3.08. The number of anilines is 1. The lowest BCUT2D eigenvalue weighted by molar-refractivity contribution is -0.384. The highest BCUT2D eigenvalue weighted by atomic mass is 79.9. The highest BCUT2D eigenvalue weighted by Gasteiger charge is 2.18. The molecule has 0 aliphatic carbocycles. The number of hydrazone groups is 1. The number of benzene rings is 2. The summed E-state index contributed by atoms with van der Waals surface area (Å²) in [4.78, 5) is 10.0. The molecule has 0 aromatic heterocycles. The lowest BCUT2D eigenvalue weighted by atomic mass is 10.2. The normalized spacial score (nSPS) is 12.3. The number of halogens is 1. The van der Waals surface area contributed by atoms with Crippen LogP contribution in [0.15, 0.2) is 63.0 Å². The SMILES string of the molecule is NS(=O)(=O)c1ccc(NN=CC(Br)=Cc2ccccc2)c([N+](=O)[O-])c1. The number of rotatable bonds is 6. The van der Waals surface area contributed by atoms with E-state index in [1.54, 1.807) is 0 Å². The summed E-state index contributed by atoms with van der Waals surface area (Å²) in [5.74, 6) is 0. The molecule has 0 radical (unpaired) electrons. The van der Waals surface area contributed by atoms with Crippen molar-refractivity contribution < 1.29 is 13.3 Å².